The van der Waals surface area contributed by atoms with Gasteiger partial charge >= 0.3 is 5.69 Å². The van der Waals surface area contributed by atoms with E-state index in [-0.39, 0.29) is 5.69 Å². The van der Waals surface area contributed by atoms with Crippen LogP contribution in [0.15, 0.2) is 29.6 Å². The predicted molar refractivity (Wildman–Crippen MR) is 92.1 cm³/mol. The molecule has 9 nitrogen and oxygen atoms in total. The highest BCUT2D eigenvalue weighted by molar-refractivity contribution is 6.30. The van der Waals surface area contributed by atoms with Gasteiger partial charge in [0.2, 0.25) is 0 Å². The Balaban J connectivity index is 1.87. The Hall–Kier alpha value is -2.55. The molecule has 10 heteroatoms. The molecule has 0 bridgehead atoms. The Kier molecular flexibility index (Phi) is 5.80. The average Bonchev–Trinajstić information content (AvgIpc) is 3.10. The highest BCUT2D eigenvalue weighted by Crippen LogP contribution is 2.14. The van der Waals surface area contributed by atoms with Gasteiger partial charge in [-0.15, -0.1) is 0 Å². The molecule has 24 heavy (non-hydrogen) atoms. The molecule has 0 fully saturated rings. The van der Waals surface area contributed by atoms with E-state index in [1.807, 2.05) is 35.8 Å². The lowest BCUT2D eigenvalue weighted by Gasteiger charge is -2.22. The van der Waals surface area contributed by atoms with Crippen molar-refractivity contribution in [2.75, 3.05) is 20.6 Å². The Bertz CT molecular complexity index is 737. The minimum absolute atomic E-state index is 0.0166. The van der Waals surface area contributed by atoms with Crippen LogP contribution >= 0.6 is 11.6 Å². The van der Waals surface area contributed by atoms with Gasteiger partial charge < -0.3 is 14.8 Å². The molecule has 2 aromatic rings. The quantitative estimate of drug-likeness (QED) is 0.367. The topological polar surface area (TPSA) is 93.5 Å². The minimum atomic E-state index is -0.464. The fourth-order valence-electron chi connectivity index (χ4n) is 2.28. The van der Waals surface area contributed by atoms with Gasteiger partial charge in [0.05, 0.1) is 23.0 Å². The first-order valence-electron chi connectivity index (χ1n) is 7.30. The van der Waals surface area contributed by atoms with Crippen LogP contribution in [-0.2, 0) is 20.1 Å². The van der Waals surface area contributed by atoms with E-state index in [1.165, 1.54) is 17.1 Å². The highest BCUT2D eigenvalue weighted by Gasteiger charge is 2.11. The Labute approximate surface area is 144 Å². The van der Waals surface area contributed by atoms with Gasteiger partial charge in [0, 0.05) is 39.6 Å². The Morgan fingerprint density at radius 2 is 2.29 bits per heavy atom. The fourth-order valence-corrected chi connectivity index (χ4v) is 2.55. The maximum absolute atomic E-state index is 10.6. The molecule has 0 aliphatic carbocycles. The molecule has 0 spiro atoms. The molecular weight excluding hydrogens is 334 g/mol. The molecule has 0 saturated carbocycles. The van der Waals surface area contributed by atoms with Crippen molar-refractivity contribution in [3.63, 3.8) is 0 Å². The van der Waals surface area contributed by atoms with E-state index < -0.39 is 4.92 Å². The first-order valence-corrected chi connectivity index (χ1v) is 7.68. The largest absolute Gasteiger partial charge is 0.354 e. The number of hydrogen-bond acceptors (Lipinski definition) is 4. The molecule has 130 valence electrons. The number of halogens is 1. The maximum Gasteiger partial charge on any atom is 0.306 e. The monoisotopic (exact) mass is 353 g/mol. The van der Waals surface area contributed by atoms with Crippen LogP contribution in [0.1, 0.15) is 5.69 Å². The van der Waals surface area contributed by atoms with Crippen molar-refractivity contribution in [3.8, 4) is 0 Å². The zero-order valence-electron chi connectivity index (χ0n) is 13.8. The molecule has 2 rings (SSSR count). The molecule has 0 radical (unpaired) electrons. The summed E-state index contributed by atoms with van der Waals surface area (Å²) in [6, 6.07) is 1.91. The molecule has 0 atom stereocenters. The molecule has 2 aromatic heterocycles. The minimum Gasteiger partial charge on any atom is -0.354 e. The summed E-state index contributed by atoms with van der Waals surface area (Å²) in [4.78, 5) is 16.4. The number of nitro groups is 1. The normalized spacial score (nSPS) is 11.6. The number of aryl methyl sites for hydroxylation is 1. The van der Waals surface area contributed by atoms with E-state index in [0.29, 0.717) is 30.6 Å². The summed E-state index contributed by atoms with van der Waals surface area (Å²) in [5, 5.41) is 18.5. The van der Waals surface area contributed by atoms with Crippen molar-refractivity contribution in [2.45, 2.75) is 13.1 Å². The fraction of sp³-hybridized carbons (Fsp3) is 0.429. The van der Waals surface area contributed by atoms with Crippen LogP contribution in [0.25, 0.3) is 0 Å². The number of nitrogens with zero attached hydrogens (tertiary/aromatic N) is 6. The zero-order chi connectivity index (χ0) is 17.7. The van der Waals surface area contributed by atoms with Crippen LogP contribution in [0, 0.1) is 10.1 Å². The van der Waals surface area contributed by atoms with Crippen molar-refractivity contribution in [2.24, 2.45) is 12.0 Å². The first kappa shape index (κ1) is 17.8. The number of rotatable bonds is 6. The van der Waals surface area contributed by atoms with Crippen molar-refractivity contribution in [1.82, 2.24) is 24.6 Å². The van der Waals surface area contributed by atoms with Gasteiger partial charge in [-0.1, -0.05) is 11.6 Å². The van der Waals surface area contributed by atoms with Gasteiger partial charge in [-0.2, -0.15) is 5.10 Å². The van der Waals surface area contributed by atoms with Crippen LogP contribution < -0.4 is 5.32 Å². The predicted octanol–water partition coefficient (Wildman–Crippen LogP) is 1.49. The SMILES string of the molecule is CN=C(NCCn1cc([N+](=O)[O-])cn1)N(C)Cc1cc(Cl)cn1C. The second-order valence-electron chi connectivity index (χ2n) is 5.31. The average molecular weight is 354 g/mol. The van der Waals surface area contributed by atoms with Gasteiger partial charge in [0.15, 0.2) is 5.96 Å². The van der Waals surface area contributed by atoms with Gasteiger partial charge in [-0.05, 0) is 6.07 Å². The number of aromatic nitrogens is 3. The third-order valence-electron chi connectivity index (χ3n) is 3.50. The van der Waals surface area contributed by atoms with Crippen LogP contribution in [0.5, 0.6) is 0 Å². The third kappa shape index (κ3) is 4.48. The molecule has 0 aliphatic rings. The van der Waals surface area contributed by atoms with Crippen molar-refractivity contribution < 1.29 is 4.92 Å². The molecule has 0 saturated heterocycles. The van der Waals surface area contributed by atoms with E-state index >= 15 is 0 Å². The number of nitrogens with one attached hydrogen (secondary N) is 1. The van der Waals surface area contributed by atoms with E-state index in [0.717, 1.165) is 5.69 Å². The summed E-state index contributed by atoms with van der Waals surface area (Å²) in [6.45, 7) is 1.69. The highest BCUT2D eigenvalue weighted by atomic mass is 35.5. The Morgan fingerprint density at radius 1 is 1.54 bits per heavy atom. The first-order chi connectivity index (χ1) is 11.4. The summed E-state index contributed by atoms with van der Waals surface area (Å²) in [6.07, 6.45) is 4.49. The number of aliphatic imine (C=N–C) groups is 1. The second-order valence-corrected chi connectivity index (χ2v) is 5.75. The molecular formula is C14H20ClN7O2. The van der Waals surface area contributed by atoms with E-state index in [2.05, 4.69) is 15.4 Å². The van der Waals surface area contributed by atoms with Crippen molar-refractivity contribution in [1.29, 1.82) is 0 Å². The summed E-state index contributed by atoms with van der Waals surface area (Å²) < 4.78 is 3.49. The number of guanidine groups is 1. The van der Waals surface area contributed by atoms with Crippen LogP contribution in [0.2, 0.25) is 5.02 Å². The standard InChI is InChI=1S/C14H20ClN7O2/c1-16-14(20(3)9-12-6-11(15)8-19(12)2)17-4-5-21-10-13(7-18-21)22(23)24/h6-8,10H,4-5,9H2,1-3H3,(H,16,17). The van der Waals surface area contributed by atoms with Gasteiger partial charge in [-0.25, -0.2) is 0 Å². The van der Waals surface area contributed by atoms with Gasteiger partial charge in [0.1, 0.15) is 12.4 Å². The summed E-state index contributed by atoms with van der Waals surface area (Å²) in [5.74, 6) is 0.717. The lowest BCUT2D eigenvalue weighted by atomic mass is 10.4. The summed E-state index contributed by atoms with van der Waals surface area (Å²) >= 11 is 6.00. The third-order valence-corrected chi connectivity index (χ3v) is 3.71. The number of hydrogen-bond donors (Lipinski definition) is 1. The van der Waals surface area contributed by atoms with Crippen LogP contribution in [0.3, 0.4) is 0 Å². The zero-order valence-corrected chi connectivity index (χ0v) is 14.6. The van der Waals surface area contributed by atoms with E-state index in [1.54, 1.807) is 7.05 Å². The molecule has 2 heterocycles. The van der Waals surface area contributed by atoms with Crippen LogP contribution in [0.4, 0.5) is 5.69 Å². The van der Waals surface area contributed by atoms with Crippen molar-refractivity contribution in [3.05, 3.63) is 45.5 Å². The summed E-state index contributed by atoms with van der Waals surface area (Å²) in [5.41, 5.74) is 1.05. The second kappa shape index (κ2) is 7.82. The van der Waals surface area contributed by atoms with Crippen molar-refractivity contribution >= 4 is 23.2 Å². The van der Waals surface area contributed by atoms with Gasteiger partial charge in [-0.3, -0.25) is 19.8 Å². The molecule has 0 aliphatic heterocycles. The summed E-state index contributed by atoms with van der Waals surface area (Å²) in [7, 11) is 5.57. The molecule has 0 amide bonds. The van der Waals surface area contributed by atoms with E-state index in [4.69, 9.17) is 11.6 Å². The molecule has 0 unspecified atom stereocenters. The van der Waals surface area contributed by atoms with E-state index in [9.17, 15) is 10.1 Å². The molecule has 1 N–H and O–H groups in total. The lowest BCUT2D eigenvalue weighted by molar-refractivity contribution is -0.385. The lowest BCUT2D eigenvalue weighted by Crippen LogP contribution is -2.40. The smallest absolute Gasteiger partial charge is 0.306 e. The Morgan fingerprint density at radius 3 is 2.83 bits per heavy atom. The van der Waals surface area contributed by atoms with Gasteiger partial charge in [0.25, 0.3) is 0 Å². The molecule has 0 aromatic carbocycles. The van der Waals surface area contributed by atoms with Crippen LogP contribution in [-0.4, -0.2) is 50.8 Å². The maximum atomic E-state index is 10.6.